The highest BCUT2D eigenvalue weighted by Crippen LogP contribution is 2.15. The second-order valence-electron chi connectivity index (χ2n) is 4.56. The molecule has 98 valence electrons. The molecule has 1 unspecified atom stereocenters. The number of pyridine rings is 1. The molecule has 1 atom stereocenters. The first-order chi connectivity index (χ1) is 8.72. The van der Waals surface area contributed by atoms with Gasteiger partial charge < -0.3 is 10.3 Å². The lowest BCUT2D eigenvalue weighted by Gasteiger charge is -2.22. The molecule has 5 heteroatoms. The maximum Gasteiger partial charge on any atom is 0.256 e. The molecular formula is C13H19N3O2. The number of hydrogen-bond donors (Lipinski definition) is 2. The van der Waals surface area contributed by atoms with Crippen molar-refractivity contribution in [2.75, 3.05) is 19.6 Å². The zero-order chi connectivity index (χ0) is 13.0. The van der Waals surface area contributed by atoms with Gasteiger partial charge >= 0.3 is 0 Å². The molecule has 1 saturated heterocycles. The van der Waals surface area contributed by atoms with Crippen molar-refractivity contribution in [1.29, 1.82) is 0 Å². The van der Waals surface area contributed by atoms with Crippen LogP contribution in [0.5, 0.6) is 0 Å². The molecule has 0 saturated carbocycles. The number of amides is 1. The minimum atomic E-state index is -0.292. The van der Waals surface area contributed by atoms with Crippen LogP contribution in [0.25, 0.3) is 0 Å². The summed E-state index contributed by atoms with van der Waals surface area (Å²) in [6.45, 7) is 4.85. The fourth-order valence-electron chi connectivity index (χ4n) is 2.44. The van der Waals surface area contributed by atoms with Crippen molar-refractivity contribution in [2.45, 2.75) is 25.8 Å². The van der Waals surface area contributed by atoms with Crippen LogP contribution in [0.1, 0.15) is 30.1 Å². The summed E-state index contributed by atoms with van der Waals surface area (Å²) in [7, 11) is 0. The third-order valence-electron chi connectivity index (χ3n) is 3.47. The molecule has 1 fully saturated rings. The first-order valence-corrected chi connectivity index (χ1v) is 6.41. The Morgan fingerprint density at radius 2 is 2.44 bits per heavy atom. The molecule has 5 nitrogen and oxygen atoms in total. The van der Waals surface area contributed by atoms with Crippen molar-refractivity contribution in [3.63, 3.8) is 0 Å². The van der Waals surface area contributed by atoms with Crippen LogP contribution in [0.15, 0.2) is 23.3 Å². The molecule has 1 aromatic rings. The van der Waals surface area contributed by atoms with Crippen LogP contribution in [0, 0.1) is 0 Å². The minimum Gasteiger partial charge on any atom is -0.367 e. The van der Waals surface area contributed by atoms with E-state index in [0.29, 0.717) is 12.6 Å². The number of aromatic nitrogens is 1. The largest absolute Gasteiger partial charge is 0.367 e. The first kappa shape index (κ1) is 12.8. The van der Waals surface area contributed by atoms with Gasteiger partial charge in [-0.3, -0.25) is 14.5 Å². The Bertz CT molecular complexity index is 469. The van der Waals surface area contributed by atoms with Crippen LogP contribution in [-0.2, 0) is 0 Å². The Morgan fingerprint density at radius 1 is 1.61 bits per heavy atom. The van der Waals surface area contributed by atoms with Crippen molar-refractivity contribution >= 4 is 5.91 Å². The minimum absolute atomic E-state index is 0.179. The van der Waals surface area contributed by atoms with Crippen molar-refractivity contribution < 1.29 is 4.79 Å². The molecule has 2 rings (SSSR count). The Balaban J connectivity index is 1.93. The van der Waals surface area contributed by atoms with Crippen molar-refractivity contribution in [2.24, 2.45) is 0 Å². The van der Waals surface area contributed by atoms with Gasteiger partial charge in [0.15, 0.2) is 5.43 Å². The summed E-state index contributed by atoms with van der Waals surface area (Å²) in [5, 5.41) is 2.85. The zero-order valence-electron chi connectivity index (χ0n) is 10.6. The molecule has 1 aromatic heterocycles. The van der Waals surface area contributed by atoms with E-state index in [0.717, 1.165) is 19.5 Å². The normalized spacial score (nSPS) is 19.9. The zero-order valence-corrected chi connectivity index (χ0v) is 10.6. The lowest BCUT2D eigenvalue weighted by molar-refractivity contribution is 0.0940. The van der Waals surface area contributed by atoms with Crippen LogP contribution in [0.4, 0.5) is 0 Å². The standard InChI is InChI=1S/C13H19N3O2/c1-2-16-7-3-4-10(16)8-15-13(18)11-9-14-6-5-12(11)17/h5-6,9-10H,2-4,7-8H2,1H3,(H,14,17)(H,15,18). The highest BCUT2D eigenvalue weighted by atomic mass is 16.2. The molecule has 0 bridgehead atoms. The molecule has 0 spiro atoms. The first-order valence-electron chi connectivity index (χ1n) is 6.41. The van der Waals surface area contributed by atoms with Crippen LogP contribution >= 0.6 is 0 Å². The van der Waals surface area contributed by atoms with E-state index in [1.165, 1.54) is 24.9 Å². The van der Waals surface area contributed by atoms with Crippen molar-refractivity contribution in [3.05, 3.63) is 34.2 Å². The number of H-pyrrole nitrogens is 1. The number of likely N-dealkylation sites (N-methyl/N-ethyl adjacent to an activating group) is 1. The van der Waals surface area contributed by atoms with Crippen molar-refractivity contribution in [1.82, 2.24) is 15.2 Å². The van der Waals surface area contributed by atoms with Crippen molar-refractivity contribution in [3.8, 4) is 0 Å². The van der Waals surface area contributed by atoms with Gasteiger partial charge in [-0.05, 0) is 25.9 Å². The Kier molecular flexibility index (Phi) is 4.15. The maximum atomic E-state index is 11.9. The van der Waals surface area contributed by atoms with Gasteiger partial charge in [-0.25, -0.2) is 0 Å². The molecule has 1 aliphatic rings. The predicted molar refractivity (Wildman–Crippen MR) is 69.7 cm³/mol. The summed E-state index contributed by atoms with van der Waals surface area (Å²) in [6.07, 6.45) is 5.26. The number of rotatable bonds is 4. The Hall–Kier alpha value is -1.62. The fourth-order valence-corrected chi connectivity index (χ4v) is 2.44. The lowest BCUT2D eigenvalue weighted by atomic mass is 10.2. The molecule has 18 heavy (non-hydrogen) atoms. The Morgan fingerprint density at radius 3 is 3.17 bits per heavy atom. The van der Waals surface area contributed by atoms with Gasteiger partial charge in [0.05, 0.1) is 0 Å². The number of nitrogens with one attached hydrogen (secondary N) is 2. The fraction of sp³-hybridized carbons (Fsp3) is 0.538. The van der Waals surface area contributed by atoms with E-state index in [1.54, 1.807) is 0 Å². The molecule has 0 aliphatic carbocycles. The van der Waals surface area contributed by atoms with Gasteiger partial charge in [-0.2, -0.15) is 0 Å². The second-order valence-corrected chi connectivity index (χ2v) is 4.56. The summed E-state index contributed by atoms with van der Waals surface area (Å²) in [5.74, 6) is -0.292. The van der Waals surface area contributed by atoms with Gasteiger partial charge in [-0.1, -0.05) is 6.92 Å². The highest BCUT2D eigenvalue weighted by Gasteiger charge is 2.23. The molecular weight excluding hydrogens is 230 g/mol. The molecule has 0 aromatic carbocycles. The summed E-state index contributed by atoms with van der Waals surface area (Å²) in [6, 6.07) is 1.77. The quantitative estimate of drug-likeness (QED) is 0.820. The summed E-state index contributed by atoms with van der Waals surface area (Å²) >= 11 is 0. The average molecular weight is 249 g/mol. The van der Waals surface area contributed by atoms with E-state index in [4.69, 9.17) is 0 Å². The smallest absolute Gasteiger partial charge is 0.256 e. The number of aromatic amines is 1. The average Bonchev–Trinajstić information content (AvgIpc) is 2.84. The van der Waals surface area contributed by atoms with E-state index >= 15 is 0 Å². The lowest BCUT2D eigenvalue weighted by Crippen LogP contribution is -2.41. The monoisotopic (exact) mass is 249 g/mol. The van der Waals surface area contributed by atoms with Gasteiger partial charge in [-0.15, -0.1) is 0 Å². The second kappa shape index (κ2) is 5.82. The van der Waals surface area contributed by atoms with Gasteiger partial charge in [0, 0.05) is 31.0 Å². The van der Waals surface area contributed by atoms with E-state index in [1.807, 2.05) is 0 Å². The van der Waals surface area contributed by atoms with E-state index in [2.05, 4.69) is 22.1 Å². The van der Waals surface area contributed by atoms with E-state index in [9.17, 15) is 9.59 Å². The summed E-state index contributed by atoms with van der Waals surface area (Å²) in [5.41, 5.74) is -0.0661. The van der Waals surface area contributed by atoms with Crippen LogP contribution in [0.3, 0.4) is 0 Å². The number of nitrogens with zero attached hydrogens (tertiary/aromatic N) is 1. The Labute approximate surface area is 106 Å². The van der Waals surface area contributed by atoms with Gasteiger partial charge in [0.1, 0.15) is 5.56 Å². The summed E-state index contributed by atoms with van der Waals surface area (Å²) in [4.78, 5) is 28.5. The summed E-state index contributed by atoms with van der Waals surface area (Å²) < 4.78 is 0. The molecule has 1 aliphatic heterocycles. The number of carbonyl (C=O) groups is 1. The molecule has 2 heterocycles. The third kappa shape index (κ3) is 2.79. The van der Waals surface area contributed by atoms with Gasteiger partial charge in [0.2, 0.25) is 0 Å². The number of hydrogen-bond acceptors (Lipinski definition) is 3. The topological polar surface area (TPSA) is 65.2 Å². The van der Waals surface area contributed by atoms with Crippen LogP contribution < -0.4 is 10.7 Å². The SMILES string of the molecule is CCN1CCCC1CNC(=O)c1c[nH]ccc1=O. The maximum absolute atomic E-state index is 11.9. The van der Waals surface area contributed by atoms with E-state index < -0.39 is 0 Å². The third-order valence-corrected chi connectivity index (χ3v) is 3.47. The molecule has 1 amide bonds. The van der Waals surface area contributed by atoms with Crippen LogP contribution in [0.2, 0.25) is 0 Å². The van der Waals surface area contributed by atoms with Gasteiger partial charge in [0.25, 0.3) is 5.91 Å². The predicted octanol–water partition coefficient (Wildman–Crippen LogP) is 0.589. The van der Waals surface area contributed by atoms with E-state index in [-0.39, 0.29) is 16.9 Å². The molecule has 2 N–H and O–H groups in total. The molecule has 0 radical (unpaired) electrons. The number of likely N-dealkylation sites (tertiary alicyclic amines) is 1. The highest BCUT2D eigenvalue weighted by molar-refractivity contribution is 5.93. The number of carbonyl (C=O) groups excluding carboxylic acids is 1. The van der Waals surface area contributed by atoms with Crippen LogP contribution in [-0.4, -0.2) is 41.5 Å².